The van der Waals surface area contributed by atoms with E-state index in [4.69, 9.17) is 4.98 Å². The quantitative estimate of drug-likeness (QED) is 0.697. The molecule has 4 heterocycles. The highest BCUT2D eigenvalue weighted by atomic mass is 15.1. The molecule has 5 nitrogen and oxygen atoms in total. The zero-order chi connectivity index (χ0) is 18.8. The van der Waals surface area contributed by atoms with Crippen LogP contribution >= 0.6 is 0 Å². The Labute approximate surface area is 165 Å². The van der Waals surface area contributed by atoms with Gasteiger partial charge in [-0.2, -0.15) is 0 Å². The van der Waals surface area contributed by atoms with Crippen LogP contribution in [0.5, 0.6) is 0 Å². The third-order valence-corrected chi connectivity index (χ3v) is 5.94. The van der Waals surface area contributed by atoms with E-state index >= 15 is 0 Å². The lowest BCUT2D eigenvalue weighted by Gasteiger charge is -2.24. The third kappa shape index (κ3) is 3.67. The highest BCUT2D eigenvalue weighted by molar-refractivity contribution is 5.64. The smallest absolute Gasteiger partial charge is 0.137 e. The van der Waals surface area contributed by atoms with Crippen LogP contribution in [-0.4, -0.2) is 33.5 Å². The molecule has 28 heavy (non-hydrogen) atoms. The van der Waals surface area contributed by atoms with Crippen LogP contribution in [0.2, 0.25) is 0 Å². The van der Waals surface area contributed by atoms with E-state index in [0.717, 1.165) is 54.7 Å². The first-order valence-electron chi connectivity index (χ1n) is 10.5. The lowest BCUT2D eigenvalue weighted by molar-refractivity contribution is 0.389. The lowest BCUT2D eigenvalue weighted by Crippen LogP contribution is -2.35. The van der Waals surface area contributed by atoms with Gasteiger partial charge in [-0.15, -0.1) is 0 Å². The van der Waals surface area contributed by atoms with Gasteiger partial charge in [0.15, 0.2) is 0 Å². The molecule has 0 unspecified atom stereocenters. The van der Waals surface area contributed by atoms with Gasteiger partial charge in [-0.1, -0.05) is 24.6 Å². The van der Waals surface area contributed by atoms with Gasteiger partial charge in [0, 0.05) is 12.2 Å². The molecular weight excluding hydrogens is 346 g/mol. The topological polar surface area (TPSA) is 54.2 Å². The summed E-state index contributed by atoms with van der Waals surface area (Å²) in [7, 11) is 0. The zero-order valence-electron chi connectivity index (χ0n) is 16.1. The SMILES string of the molecule is C(=C\C1CCC1)/c1ccc2ncc(-c3cccc(NC4CCNCC4)n3)n2c1. The van der Waals surface area contributed by atoms with E-state index in [1.807, 2.05) is 6.20 Å². The predicted molar refractivity (Wildman–Crippen MR) is 114 cm³/mol. The van der Waals surface area contributed by atoms with Crippen molar-refractivity contribution in [2.45, 2.75) is 38.1 Å². The van der Waals surface area contributed by atoms with Crippen LogP contribution in [-0.2, 0) is 0 Å². The third-order valence-electron chi connectivity index (χ3n) is 5.94. The largest absolute Gasteiger partial charge is 0.367 e. The van der Waals surface area contributed by atoms with Crippen LogP contribution < -0.4 is 10.6 Å². The second kappa shape index (κ2) is 7.76. The molecule has 3 aromatic rings. The van der Waals surface area contributed by atoms with E-state index in [0.29, 0.717) is 6.04 Å². The maximum absolute atomic E-state index is 4.88. The van der Waals surface area contributed by atoms with Crippen LogP contribution in [0.4, 0.5) is 5.82 Å². The molecule has 3 aromatic heterocycles. The summed E-state index contributed by atoms with van der Waals surface area (Å²) in [5.74, 6) is 1.71. The second-order valence-electron chi connectivity index (χ2n) is 7.96. The molecule has 0 radical (unpaired) electrons. The predicted octanol–water partition coefficient (Wildman–Crippen LogP) is 4.37. The average molecular weight is 374 g/mol. The van der Waals surface area contributed by atoms with E-state index in [-0.39, 0.29) is 0 Å². The maximum atomic E-state index is 4.88. The van der Waals surface area contributed by atoms with Crippen LogP contribution in [0.1, 0.15) is 37.7 Å². The number of rotatable bonds is 5. The molecular formula is C23H27N5. The molecule has 1 saturated carbocycles. The van der Waals surface area contributed by atoms with Crippen LogP contribution in [0.3, 0.4) is 0 Å². The lowest BCUT2D eigenvalue weighted by atomic mass is 9.85. The summed E-state index contributed by atoms with van der Waals surface area (Å²) in [4.78, 5) is 9.45. The first kappa shape index (κ1) is 17.4. The van der Waals surface area contributed by atoms with Gasteiger partial charge >= 0.3 is 0 Å². The molecule has 0 spiro atoms. The fourth-order valence-electron chi connectivity index (χ4n) is 4.00. The fraction of sp³-hybridized carbons (Fsp3) is 0.391. The Morgan fingerprint density at radius 3 is 2.79 bits per heavy atom. The Kier molecular flexibility index (Phi) is 4.83. The molecule has 144 valence electrons. The number of nitrogens with one attached hydrogen (secondary N) is 2. The minimum atomic E-state index is 0.495. The number of pyridine rings is 2. The average Bonchev–Trinajstić information content (AvgIpc) is 3.11. The minimum Gasteiger partial charge on any atom is -0.367 e. The summed E-state index contributed by atoms with van der Waals surface area (Å²) in [6, 6.07) is 10.9. The van der Waals surface area contributed by atoms with Crippen molar-refractivity contribution in [1.29, 1.82) is 0 Å². The Bertz CT molecular complexity index is 980. The van der Waals surface area contributed by atoms with Gasteiger partial charge in [0.1, 0.15) is 11.5 Å². The number of hydrogen-bond acceptors (Lipinski definition) is 4. The molecule has 2 N–H and O–H groups in total. The first-order valence-corrected chi connectivity index (χ1v) is 10.5. The van der Waals surface area contributed by atoms with Crippen molar-refractivity contribution in [2.24, 2.45) is 5.92 Å². The van der Waals surface area contributed by atoms with E-state index in [1.165, 1.54) is 24.8 Å². The highest BCUT2D eigenvalue weighted by Crippen LogP contribution is 2.28. The molecule has 2 fully saturated rings. The van der Waals surface area contributed by atoms with Gasteiger partial charge in [0.05, 0.1) is 17.6 Å². The summed E-state index contributed by atoms with van der Waals surface area (Å²) in [6.07, 6.45) is 15.0. The molecule has 1 saturated heterocycles. The number of aromatic nitrogens is 3. The van der Waals surface area contributed by atoms with Crippen LogP contribution in [0, 0.1) is 5.92 Å². The monoisotopic (exact) mass is 373 g/mol. The van der Waals surface area contributed by atoms with Crippen molar-refractivity contribution in [1.82, 2.24) is 19.7 Å². The number of nitrogens with zero attached hydrogens (tertiary/aromatic N) is 3. The number of anilines is 1. The highest BCUT2D eigenvalue weighted by Gasteiger charge is 2.15. The van der Waals surface area contributed by atoms with Gasteiger partial charge in [-0.05, 0) is 74.5 Å². The van der Waals surface area contributed by atoms with Gasteiger partial charge in [-0.3, -0.25) is 4.40 Å². The van der Waals surface area contributed by atoms with Crippen molar-refractivity contribution in [3.8, 4) is 11.4 Å². The standard InChI is InChI=1S/C23H27N5/c1-3-17(4-1)7-8-18-9-10-23-25-15-21(28(23)16-18)20-5-2-6-22(27-20)26-19-11-13-24-14-12-19/h2,5-10,15-17,19,24H,1,3-4,11-14H2,(H,26,27)/b8-7+. The van der Waals surface area contributed by atoms with Crippen molar-refractivity contribution < 1.29 is 0 Å². The van der Waals surface area contributed by atoms with E-state index in [1.54, 1.807) is 0 Å². The van der Waals surface area contributed by atoms with E-state index in [9.17, 15) is 0 Å². The van der Waals surface area contributed by atoms with Gasteiger partial charge < -0.3 is 10.6 Å². The Morgan fingerprint density at radius 1 is 1.07 bits per heavy atom. The first-order chi connectivity index (χ1) is 13.8. The number of imidazole rings is 1. The second-order valence-corrected chi connectivity index (χ2v) is 7.96. The zero-order valence-corrected chi connectivity index (χ0v) is 16.1. The van der Waals surface area contributed by atoms with E-state index in [2.05, 4.69) is 68.7 Å². The van der Waals surface area contributed by atoms with Crippen molar-refractivity contribution >= 4 is 17.5 Å². The van der Waals surface area contributed by atoms with Crippen LogP contribution in [0.25, 0.3) is 23.1 Å². The number of allylic oxidation sites excluding steroid dienone is 1. The van der Waals surface area contributed by atoms with Crippen molar-refractivity contribution in [2.75, 3.05) is 18.4 Å². The molecule has 0 atom stereocenters. The number of piperidine rings is 1. The van der Waals surface area contributed by atoms with E-state index < -0.39 is 0 Å². The van der Waals surface area contributed by atoms with Crippen LogP contribution in [0.15, 0.2) is 48.8 Å². The molecule has 0 amide bonds. The molecule has 0 bridgehead atoms. The van der Waals surface area contributed by atoms with Gasteiger partial charge in [0.25, 0.3) is 0 Å². The maximum Gasteiger partial charge on any atom is 0.137 e. The molecule has 0 aromatic carbocycles. The summed E-state index contributed by atoms with van der Waals surface area (Å²) in [5.41, 5.74) is 4.14. The Balaban J connectivity index is 1.41. The van der Waals surface area contributed by atoms with Gasteiger partial charge in [0.2, 0.25) is 0 Å². The van der Waals surface area contributed by atoms with Crippen molar-refractivity contribution in [3.63, 3.8) is 0 Å². The molecule has 5 heteroatoms. The molecule has 1 aliphatic heterocycles. The Morgan fingerprint density at radius 2 is 1.96 bits per heavy atom. The Hall–Kier alpha value is -2.66. The van der Waals surface area contributed by atoms with Crippen molar-refractivity contribution in [3.05, 3.63) is 54.4 Å². The molecule has 1 aliphatic carbocycles. The fourth-order valence-corrected chi connectivity index (χ4v) is 4.00. The molecule has 2 aliphatic rings. The number of hydrogen-bond donors (Lipinski definition) is 2. The van der Waals surface area contributed by atoms with Gasteiger partial charge in [-0.25, -0.2) is 9.97 Å². The minimum absolute atomic E-state index is 0.495. The molecule has 5 rings (SSSR count). The summed E-state index contributed by atoms with van der Waals surface area (Å²) >= 11 is 0. The number of fused-ring (bicyclic) bond motifs is 1. The summed E-state index contributed by atoms with van der Waals surface area (Å²) < 4.78 is 2.15. The summed E-state index contributed by atoms with van der Waals surface area (Å²) in [5, 5.41) is 7.00. The summed E-state index contributed by atoms with van der Waals surface area (Å²) in [6.45, 7) is 2.14. The normalized spacial score (nSPS) is 18.6.